The predicted molar refractivity (Wildman–Crippen MR) is 60.3 cm³/mol. The van der Waals surface area contributed by atoms with Crippen molar-refractivity contribution in [3.8, 4) is 0 Å². The number of hydrogen-bond acceptors (Lipinski definition) is 2. The summed E-state index contributed by atoms with van der Waals surface area (Å²) in [6.07, 6.45) is 4.46. The number of aliphatic hydroxyl groups excluding tert-OH is 1. The van der Waals surface area contributed by atoms with Crippen LogP contribution in [-0.4, -0.2) is 36.2 Å². The quantitative estimate of drug-likeness (QED) is 0.749. The molecule has 1 heterocycles. The SMILES string of the molecule is CC(C)CC(O)CC1CCN(C)CC1. The van der Waals surface area contributed by atoms with Crippen LogP contribution in [0.5, 0.6) is 0 Å². The van der Waals surface area contributed by atoms with Crippen molar-refractivity contribution >= 4 is 0 Å². The molecule has 2 nitrogen and oxygen atoms in total. The number of piperidine rings is 1. The second-order valence-electron chi connectivity index (χ2n) is 5.27. The van der Waals surface area contributed by atoms with Crippen molar-refractivity contribution in [3.05, 3.63) is 0 Å². The lowest BCUT2D eigenvalue weighted by atomic mass is 9.89. The van der Waals surface area contributed by atoms with Crippen LogP contribution in [-0.2, 0) is 0 Å². The van der Waals surface area contributed by atoms with Gasteiger partial charge in [0.2, 0.25) is 0 Å². The lowest BCUT2D eigenvalue weighted by Gasteiger charge is -2.30. The van der Waals surface area contributed by atoms with E-state index < -0.39 is 0 Å². The molecule has 1 fully saturated rings. The van der Waals surface area contributed by atoms with Gasteiger partial charge in [0.25, 0.3) is 0 Å². The first-order valence-corrected chi connectivity index (χ1v) is 5.94. The third-order valence-electron chi connectivity index (χ3n) is 3.19. The summed E-state index contributed by atoms with van der Waals surface area (Å²) in [5.74, 6) is 1.39. The van der Waals surface area contributed by atoms with Gasteiger partial charge in [-0.3, -0.25) is 0 Å². The highest BCUT2D eigenvalue weighted by molar-refractivity contribution is 4.73. The standard InChI is InChI=1S/C12H25NO/c1-10(2)8-12(14)9-11-4-6-13(3)7-5-11/h10-12,14H,4-9H2,1-3H3. The molecule has 1 N–H and O–H groups in total. The molecule has 0 aliphatic carbocycles. The van der Waals surface area contributed by atoms with E-state index in [0.717, 1.165) is 18.8 Å². The van der Waals surface area contributed by atoms with Crippen molar-refractivity contribution in [1.82, 2.24) is 4.90 Å². The highest BCUT2D eigenvalue weighted by atomic mass is 16.3. The lowest BCUT2D eigenvalue weighted by Crippen LogP contribution is -2.31. The van der Waals surface area contributed by atoms with E-state index in [0.29, 0.717) is 5.92 Å². The number of hydrogen-bond donors (Lipinski definition) is 1. The van der Waals surface area contributed by atoms with Gasteiger partial charge < -0.3 is 10.0 Å². The molecule has 2 heteroatoms. The van der Waals surface area contributed by atoms with Gasteiger partial charge in [-0.15, -0.1) is 0 Å². The van der Waals surface area contributed by atoms with Crippen LogP contribution in [0.1, 0.15) is 39.5 Å². The predicted octanol–water partition coefficient (Wildman–Crippen LogP) is 2.13. The molecule has 0 aromatic carbocycles. The molecule has 1 aliphatic rings. The van der Waals surface area contributed by atoms with Gasteiger partial charge in [-0.25, -0.2) is 0 Å². The molecule has 0 aromatic rings. The minimum atomic E-state index is -0.0663. The second kappa shape index (κ2) is 5.72. The minimum Gasteiger partial charge on any atom is -0.393 e. The summed E-state index contributed by atoms with van der Waals surface area (Å²) in [7, 11) is 2.18. The molecule has 0 radical (unpaired) electrons. The van der Waals surface area contributed by atoms with Gasteiger partial charge in [0.1, 0.15) is 0 Å². The van der Waals surface area contributed by atoms with Crippen molar-refractivity contribution in [2.45, 2.75) is 45.6 Å². The molecule has 0 amide bonds. The van der Waals surface area contributed by atoms with Crippen LogP contribution in [0.3, 0.4) is 0 Å². The van der Waals surface area contributed by atoms with E-state index in [4.69, 9.17) is 0 Å². The summed E-state index contributed by atoms with van der Waals surface area (Å²) in [6.45, 7) is 6.77. The van der Waals surface area contributed by atoms with Crippen LogP contribution in [0.25, 0.3) is 0 Å². The van der Waals surface area contributed by atoms with E-state index >= 15 is 0 Å². The van der Waals surface area contributed by atoms with Crippen LogP contribution >= 0.6 is 0 Å². The number of nitrogens with zero attached hydrogens (tertiary/aromatic N) is 1. The topological polar surface area (TPSA) is 23.5 Å². The molecule has 1 saturated heterocycles. The van der Waals surface area contributed by atoms with Crippen LogP contribution < -0.4 is 0 Å². The Morgan fingerprint density at radius 1 is 1.29 bits per heavy atom. The van der Waals surface area contributed by atoms with E-state index in [2.05, 4.69) is 25.8 Å². The maximum atomic E-state index is 9.82. The molecule has 14 heavy (non-hydrogen) atoms. The van der Waals surface area contributed by atoms with E-state index in [1.54, 1.807) is 0 Å². The van der Waals surface area contributed by atoms with Crippen molar-refractivity contribution in [3.63, 3.8) is 0 Å². The summed E-state index contributed by atoms with van der Waals surface area (Å²) in [6, 6.07) is 0. The minimum absolute atomic E-state index is 0.0663. The molecule has 1 rings (SSSR count). The van der Waals surface area contributed by atoms with Gasteiger partial charge in [0.05, 0.1) is 6.10 Å². The maximum Gasteiger partial charge on any atom is 0.0545 e. The largest absolute Gasteiger partial charge is 0.393 e. The zero-order valence-corrected chi connectivity index (χ0v) is 9.87. The lowest BCUT2D eigenvalue weighted by molar-refractivity contribution is 0.0981. The smallest absolute Gasteiger partial charge is 0.0545 e. The fraction of sp³-hybridized carbons (Fsp3) is 1.00. The van der Waals surface area contributed by atoms with Crippen molar-refractivity contribution in [1.29, 1.82) is 0 Å². The van der Waals surface area contributed by atoms with Gasteiger partial charge >= 0.3 is 0 Å². The van der Waals surface area contributed by atoms with Gasteiger partial charge in [-0.1, -0.05) is 13.8 Å². The van der Waals surface area contributed by atoms with Crippen molar-refractivity contribution < 1.29 is 5.11 Å². The number of aliphatic hydroxyl groups is 1. The Morgan fingerprint density at radius 3 is 2.36 bits per heavy atom. The molecule has 1 aliphatic heterocycles. The molecule has 0 aromatic heterocycles. The Hall–Kier alpha value is -0.0800. The van der Waals surface area contributed by atoms with Crippen molar-refractivity contribution in [2.24, 2.45) is 11.8 Å². The van der Waals surface area contributed by atoms with Crippen molar-refractivity contribution in [2.75, 3.05) is 20.1 Å². The first kappa shape index (κ1) is 12.0. The molecule has 0 saturated carbocycles. The van der Waals surface area contributed by atoms with Crippen LogP contribution in [0, 0.1) is 11.8 Å². The number of rotatable bonds is 4. The highest BCUT2D eigenvalue weighted by Gasteiger charge is 2.19. The Labute approximate surface area is 88.3 Å². The fourth-order valence-electron chi connectivity index (χ4n) is 2.32. The first-order chi connectivity index (χ1) is 6.58. The summed E-state index contributed by atoms with van der Waals surface area (Å²) < 4.78 is 0. The molecular formula is C12H25NO. The third kappa shape index (κ3) is 4.43. The second-order valence-corrected chi connectivity index (χ2v) is 5.27. The number of likely N-dealkylation sites (tertiary alicyclic amines) is 1. The fourth-order valence-corrected chi connectivity index (χ4v) is 2.32. The Bertz CT molecular complexity index is 150. The van der Waals surface area contributed by atoms with E-state index in [-0.39, 0.29) is 6.10 Å². The highest BCUT2D eigenvalue weighted by Crippen LogP contribution is 2.23. The Morgan fingerprint density at radius 2 is 1.86 bits per heavy atom. The molecule has 84 valence electrons. The normalized spacial score (nSPS) is 22.9. The average Bonchev–Trinajstić information content (AvgIpc) is 2.07. The summed E-state index contributed by atoms with van der Waals surface area (Å²) in [5.41, 5.74) is 0. The monoisotopic (exact) mass is 199 g/mol. The van der Waals surface area contributed by atoms with Gasteiger partial charge in [-0.05, 0) is 57.7 Å². The van der Waals surface area contributed by atoms with Gasteiger partial charge in [0.15, 0.2) is 0 Å². The van der Waals surface area contributed by atoms with Crippen LogP contribution in [0.4, 0.5) is 0 Å². The average molecular weight is 199 g/mol. The molecule has 0 spiro atoms. The van der Waals surface area contributed by atoms with Gasteiger partial charge in [0, 0.05) is 0 Å². The zero-order valence-electron chi connectivity index (χ0n) is 9.87. The zero-order chi connectivity index (χ0) is 10.6. The third-order valence-corrected chi connectivity index (χ3v) is 3.19. The summed E-state index contributed by atoms with van der Waals surface area (Å²) >= 11 is 0. The summed E-state index contributed by atoms with van der Waals surface area (Å²) in [4.78, 5) is 2.38. The maximum absolute atomic E-state index is 9.82. The van der Waals surface area contributed by atoms with Crippen LogP contribution in [0.2, 0.25) is 0 Å². The van der Waals surface area contributed by atoms with E-state index in [9.17, 15) is 5.11 Å². The Kier molecular flexibility index (Phi) is 4.90. The first-order valence-electron chi connectivity index (χ1n) is 5.94. The van der Waals surface area contributed by atoms with Crippen LogP contribution in [0.15, 0.2) is 0 Å². The van der Waals surface area contributed by atoms with E-state index in [1.165, 1.54) is 25.9 Å². The van der Waals surface area contributed by atoms with E-state index in [1.807, 2.05) is 0 Å². The summed E-state index contributed by atoms with van der Waals surface area (Å²) in [5, 5.41) is 9.82. The Balaban J connectivity index is 2.17. The molecular weight excluding hydrogens is 174 g/mol. The molecule has 0 bridgehead atoms. The molecule has 1 atom stereocenters. The molecule has 1 unspecified atom stereocenters. The van der Waals surface area contributed by atoms with Gasteiger partial charge in [-0.2, -0.15) is 0 Å².